The third-order valence-corrected chi connectivity index (χ3v) is 5.64. The summed E-state index contributed by atoms with van der Waals surface area (Å²) in [6.45, 7) is 4.39. The van der Waals surface area contributed by atoms with Gasteiger partial charge in [0, 0.05) is 53.9 Å². The molecule has 162 valence electrons. The number of aliphatic hydroxyl groups is 1. The standard InChI is InChI=1S/C24H27FN4O2/c1-4-5-19-13-26-24-9-6-17(14-29(19)24)21-12-18(25)7-8-23(21)31-11-10-20-16(2)28(3)27-22(20)15-30/h6-9,12-14,30H,4-5,10-11,15H2,1-3H3. The summed E-state index contributed by atoms with van der Waals surface area (Å²) in [5.41, 5.74) is 6.21. The lowest BCUT2D eigenvalue weighted by Gasteiger charge is -2.13. The number of hydrogen-bond acceptors (Lipinski definition) is 4. The van der Waals surface area contributed by atoms with Crippen molar-refractivity contribution in [3.05, 3.63) is 71.2 Å². The molecule has 0 bridgehead atoms. The summed E-state index contributed by atoms with van der Waals surface area (Å²) in [4.78, 5) is 4.45. The van der Waals surface area contributed by atoms with Crippen LogP contribution in [-0.4, -0.2) is 30.9 Å². The topological polar surface area (TPSA) is 64.6 Å². The van der Waals surface area contributed by atoms with E-state index >= 15 is 0 Å². The number of ether oxygens (including phenoxy) is 1. The van der Waals surface area contributed by atoms with Gasteiger partial charge in [-0.05, 0) is 43.7 Å². The van der Waals surface area contributed by atoms with Crippen LogP contribution in [0, 0.1) is 12.7 Å². The molecule has 4 rings (SSSR count). The Hall–Kier alpha value is -3.19. The number of imidazole rings is 1. The number of aryl methyl sites for hydroxylation is 2. The van der Waals surface area contributed by atoms with Gasteiger partial charge >= 0.3 is 0 Å². The van der Waals surface area contributed by atoms with Gasteiger partial charge in [0.15, 0.2) is 0 Å². The Morgan fingerprint density at radius 1 is 1.16 bits per heavy atom. The number of fused-ring (bicyclic) bond motifs is 1. The molecule has 7 heteroatoms. The minimum absolute atomic E-state index is 0.107. The van der Waals surface area contributed by atoms with E-state index in [1.807, 2.05) is 38.5 Å². The molecule has 0 fully saturated rings. The van der Waals surface area contributed by atoms with E-state index in [0.29, 0.717) is 30.0 Å². The third-order valence-electron chi connectivity index (χ3n) is 5.64. The fourth-order valence-corrected chi connectivity index (χ4v) is 3.92. The van der Waals surface area contributed by atoms with Gasteiger partial charge in [0.2, 0.25) is 0 Å². The van der Waals surface area contributed by atoms with Gasteiger partial charge < -0.3 is 14.2 Å². The predicted octanol–water partition coefficient (Wildman–Crippen LogP) is 4.25. The van der Waals surface area contributed by atoms with Crippen molar-refractivity contribution in [3.63, 3.8) is 0 Å². The molecular weight excluding hydrogens is 395 g/mol. The van der Waals surface area contributed by atoms with Crippen LogP contribution in [0.15, 0.2) is 42.7 Å². The summed E-state index contributed by atoms with van der Waals surface area (Å²) in [5.74, 6) is 0.303. The van der Waals surface area contributed by atoms with Gasteiger partial charge in [-0.1, -0.05) is 13.3 Å². The van der Waals surface area contributed by atoms with Crippen molar-refractivity contribution >= 4 is 5.65 Å². The average Bonchev–Trinajstić information content (AvgIpc) is 3.30. The van der Waals surface area contributed by atoms with Crippen molar-refractivity contribution in [2.75, 3.05) is 6.61 Å². The van der Waals surface area contributed by atoms with Crippen LogP contribution in [0.2, 0.25) is 0 Å². The molecule has 0 radical (unpaired) electrons. The Morgan fingerprint density at radius 2 is 2.00 bits per heavy atom. The zero-order valence-corrected chi connectivity index (χ0v) is 18.1. The number of pyridine rings is 1. The van der Waals surface area contributed by atoms with E-state index in [9.17, 15) is 9.50 Å². The van der Waals surface area contributed by atoms with Crippen molar-refractivity contribution in [2.24, 2.45) is 7.05 Å². The van der Waals surface area contributed by atoms with Crippen LogP contribution in [0.5, 0.6) is 5.75 Å². The first kappa shape index (κ1) is 21.1. The highest BCUT2D eigenvalue weighted by Crippen LogP contribution is 2.31. The summed E-state index contributed by atoms with van der Waals surface area (Å²) in [5, 5.41) is 13.9. The molecule has 0 saturated carbocycles. The molecule has 0 aliphatic carbocycles. The molecule has 0 saturated heterocycles. The molecule has 3 heterocycles. The number of aromatic nitrogens is 4. The van der Waals surface area contributed by atoms with E-state index in [-0.39, 0.29) is 12.4 Å². The summed E-state index contributed by atoms with van der Waals surface area (Å²) < 4.78 is 24.0. The van der Waals surface area contributed by atoms with Gasteiger partial charge in [0.25, 0.3) is 0 Å². The van der Waals surface area contributed by atoms with E-state index in [2.05, 4.69) is 21.4 Å². The molecule has 3 aromatic heterocycles. The second-order valence-electron chi connectivity index (χ2n) is 7.68. The van der Waals surface area contributed by atoms with Crippen molar-refractivity contribution in [3.8, 4) is 16.9 Å². The smallest absolute Gasteiger partial charge is 0.136 e. The largest absolute Gasteiger partial charge is 0.493 e. The summed E-state index contributed by atoms with van der Waals surface area (Å²) in [7, 11) is 1.86. The van der Waals surface area contributed by atoms with Gasteiger partial charge in [0.1, 0.15) is 17.2 Å². The first-order chi connectivity index (χ1) is 15.0. The molecule has 0 unspecified atom stereocenters. The van der Waals surface area contributed by atoms with E-state index in [1.54, 1.807) is 10.7 Å². The van der Waals surface area contributed by atoms with Gasteiger partial charge in [-0.25, -0.2) is 9.37 Å². The highest BCUT2D eigenvalue weighted by molar-refractivity contribution is 5.71. The Morgan fingerprint density at radius 3 is 2.77 bits per heavy atom. The molecule has 4 aromatic rings. The molecule has 1 N–H and O–H groups in total. The predicted molar refractivity (Wildman–Crippen MR) is 118 cm³/mol. The Bertz CT molecular complexity index is 1210. The molecule has 1 aromatic carbocycles. The fraction of sp³-hybridized carbons (Fsp3) is 0.333. The Balaban J connectivity index is 1.61. The molecule has 0 aliphatic rings. The van der Waals surface area contributed by atoms with E-state index < -0.39 is 0 Å². The normalized spacial score (nSPS) is 11.4. The van der Waals surface area contributed by atoms with Gasteiger partial charge in [0.05, 0.1) is 18.9 Å². The molecule has 0 atom stereocenters. The van der Waals surface area contributed by atoms with Crippen molar-refractivity contribution in [1.29, 1.82) is 0 Å². The first-order valence-corrected chi connectivity index (χ1v) is 10.5. The van der Waals surface area contributed by atoms with Crippen LogP contribution in [0.25, 0.3) is 16.8 Å². The number of aliphatic hydroxyl groups excluding tert-OH is 1. The van der Waals surface area contributed by atoms with Crippen molar-refractivity contribution in [2.45, 2.75) is 39.7 Å². The SMILES string of the molecule is CCCc1cnc2ccc(-c3cc(F)ccc3OCCc3c(CO)nn(C)c3C)cn12. The molecule has 6 nitrogen and oxygen atoms in total. The van der Waals surface area contributed by atoms with E-state index in [4.69, 9.17) is 4.74 Å². The van der Waals surface area contributed by atoms with Crippen LogP contribution in [0.1, 0.15) is 36.0 Å². The fourth-order valence-electron chi connectivity index (χ4n) is 3.92. The second kappa shape index (κ2) is 8.89. The molecular formula is C24H27FN4O2. The molecule has 0 aliphatic heterocycles. The maximum Gasteiger partial charge on any atom is 0.136 e. The average molecular weight is 423 g/mol. The minimum Gasteiger partial charge on any atom is -0.493 e. The van der Waals surface area contributed by atoms with E-state index in [1.165, 1.54) is 12.1 Å². The molecule has 0 amide bonds. The quantitative estimate of drug-likeness (QED) is 0.461. The maximum atomic E-state index is 14.1. The van der Waals surface area contributed by atoms with Gasteiger partial charge in [-0.2, -0.15) is 5.10 Å². The highest BCUT2D eigenvalue weighted by Gasteiger charge is 2.14. The number of benzene rings is 1. The van der Waals surface area contributed by atoms with Crippen molar-refractivity contribution < 1.29 is 14.2 Å². The Labute approximate surface area is 180 Å². The van der Waals surface area contributed by atoms with E-state index in [0.717, 1.165) is 41.0 Å². The first-order valence-electron chi connectivity index (χ1n) is 10.5. The summed E-state index contributed by atoms with van der Waals surface area (Å²) in [6, 6.07) is 8.45. The number of hydrogen-bond donors (Lipinski definition) is 1. The van der Waals surface area contributed by atoms with Crippen LogP contribution in [0.3, 0.4) is 0 Å². The van der Waals surface area contributed by atoms with Crippen LogP contribution in [0.4, 0.5) is 4.39 Å². The van der Waals surface area contributed by atoms with Crippen LogP contribution < -0.4 is 4.74 Å². The lowest BCUT2D eigenvalue weighted by Crippen LogP contribution is -2.05. The molecule has 31 heavy (non-hydrogen) atoms. The van der Waals surface area contributed by atoms with Gasteiger partial charge in [-0.15, -0.1) is 0 Å². The number of rotatable bonds is 8. The monoisotopic (exact) mass is 422 g/mol. The lowest BCUT2D eigenvalue weighted by molar-refractivity contribution is 0.272. The third kappa shape index (κ3) is 4.18. The minimum atomic E-state index is -0.312. The zero-order valence-electron chi connectivity index (χ0n) is 18.1. The van der Waals surface area contributed by atoms with Crippen LogP contribution in [-0.2, 0) is 26.5 Å². The van der Waals surface area contributed by atoms with Crippen LogP contribution >= 0.6 is 0 Å². The highest BCUT2D eigenvalue weighted by atomic mass is 19.1. The second-order valence-corrected chi connectivity index (χ2v) is 7.68. The number of halogens is 1. The zero-order chi connectivity index (χ0) is 22.0. The summed E-state index contributed by atoms with van der Waals surface area (Å²) >= 11 is 0. The lowest BCUT2D eigenvalue weighted by atomic mass is 10.1. The maximum absolute atomic E-state index is 14.1. The Kier molecular flexibility index (Phi) is 6.04. The van der Waals surface area contributed by atoms with Crippen molar-refractivity contribution in [1.82, 2.24) is 19.2 Å². The molecule has 0 spiro atoms. The summed E-state index contributed by atoms with van der Waals surface area (Å²) in [6.07, 6.45) is 6.43. The van der Waals surface area contributed by atoms with Gasteiger partial charge in [-0.3, -0.25) is 4.68 Å². The number of nitrogens with zero attached hydrogens (tertiary/aromatic N) is 4.